The number of carbonyl (C=O) groups excluding carboxylic acids is 3. The first-order valence-electron chi connectivity index (χ1n) is 5.99. The third kappa shape index (κ3) is 4.63. The zero-order chi connectivity index (χ0) is 14.7. The molecule has 0 aromatic rings. The van der Waals surface area contributed by atoms with E-state index in [0.717, 1.165) is 0 Å². The first kappa shape index (κ1) is 17.3. The maximum absolute atomic E-state index is 13.3. The monoisotopic (exact) mass is 461 g/mol. The van der Waals surface area contributed by atoms with Crippen LogP contribution in [0, 0.1) is 6.08 Å². The molecule has 0 spiro atoms. The Kier molecular flexibility index (Phi) is 6.02. The zero-order valence-corrected chi connectivity index (χ0v) is 13.8. The van der Waals surface area contributed by atoms with Gasteiger partial charge in [0.2, 0.25) is 11.8 Å². The number of hydrogen-bond donors (Lipinski definition) is 2. The largest absolute Gasteiger partial charge is 2.00 e. The van der Waals surface area contributed by atoms with Gasteiger partial charge in [-0.25, -0.2) is 4.39 Å². The zero-order valence-electron chi connectivity index (χ0n) is 10.9. The summed E-state index contributed by atoms with van der Waals surface area (Å²) in [6.45, 7) is 0. The van der Waals surface area contributed by atoms with Gasteiger partial charge in [-0.15, -0.1) is 6.08 Å². The molecule has 0 saturated carbocycles. The van der Waals surface area contributed by atoms with Gasteiger partial charge in [-0.1, -0.05) is 6.08 Å². The molecule has 1 aliphatic heterocycles. The van der Waals surface area contributed by atoms with Crippen molar-refractivity contribution in [1.29, 1.82) is 0 Å². The quantitative estimate of drug-likeness (QED) is 0.463. The third-order valence-electron chi connectivity index (χ3n) is 2.81. The Hall–Kier alpha value is -1.75. The summed E-state index contributed by atoms with van der Waals surface area (Å²) in [4.78, 5) is 34.3. The molecule has 0 aromatic carbocycles. The van der Waals surface area contributed by atoms with E-state index in [1.54, 1.807) is 0 Å². The van der Waals surface area contributed by atoms with Gasteiger partial charge in [0.1, 0.15) is 0 Å². The van der Waals surface area contributed by atoms with Crippen LogP contribution in [0.2, 0.25) is 0 Å². The van der Waals surface area contributed by atoms with Crippen LogP contribution in [-0.2, 0) is 35.4 Å². The molecule has 1 atom stereocenters. The molecule has 1 saturated heterocycles. The summed E-state index contributed by atoms with van der Waals surface area (Å²) in [5.74, 6) is -2.45. The number of nitrogens with zero attached hydrogens (tertiary/aromatic N) is 1. The minimum atomic E-state index is -0.935. The molecular formula is C13H12FN3O3W. The van der Waals surface area contributed by atoms with Crippen molar-refractivity contribution in [2.75, 3.05) is 0 Å². The second kappa shape index (κ2) is 7.31. The van der Waals surface area contributed by atoms with Crippen LogP contribution in [0.25, 0.3) is 5.32 Å². The normalized spacial score (nSPS) is 22.0. The molecule has 3 N–H and O–H groups in total. The molecule has 0 bridgehead atoms. The van der Waals surface area contributed by atoms with Crippen LogP contribution in [0.5, 0.6) is 0 Å². The van der Waals surface area contributed by atoms with E-state index in [0.29, 0.717) is 0 Å². The smallest absolute Gasteiger partial charge is 0.699 e. The summed E-state index contributed by atoms with van der Waals surface area (Å²) >= 11 is 0. The molecule has 1 heterocycles. The van der Waals surface area contributed by atoms with E-state index in [-0.39, 0.29) is 51.6 Å². The predicted octanol–water partition coefficient (Wildman–Crippen LogP) is 0.519. The fourth-order valence-electron chi connectivity index (χ4n) is 1.80. The Labute approximate surface area is 135 Å². The summed E-state index contributed by atoms with van der Waals surface area (Å²) < 4.78 is 13.3. The second-order valence-corrected chi connectivity index (χ2v) is 4.43. The Morgan fingerprint density at radius 1 is 1.43 bits per heavy atom. The number of allylic oxidation sites excluding steroid dienone is 3. The van der Waals surface area contributed by atoms with Crippen LogP contribution in [0.15, 0.2) is 29.2 Å². The van der Waals surface area contributed by atoms with Gasteiger partial charge in [0.25, 0.3) is 0 Å². The summed E-state index contributed by atoms with van der Waals surface area (Å²) in [5, 5.41) is 5.78. The molecule has 0 radical (unpaired) electrons. The third-order valence-corrected chi connectivity index (χ3v) is 2.81. The number of rotatable bonds is 2. The minimum absolute atomic E-state index is 0. The number of imide groups is 1. The Morgan fingerprint density at radius 3 is 2.81 bits per heavy atom. The van der Waals surface area contributed by atoms with Crippen LogP contribution in [0.4, 0.5) is 4.39 Å². The van der Waals surface area contributed by atoms with E-state index >= 15 is 0 Å². The second-order valence-electron chi connectivity index (χ2n) is 4.43. The summed E-state index contributed by atoms with van der Waals surface area (Å²) in [7, 11) is 0. The van der Waals surface area contributed by atoms with Gasteiger partial charge in [0, 0.05) is 24.4 Å². The molecule has 21 heavy (non-hydrogen) atoms. The van der Waals surface area contributed by atoms with Gasteiger partial charge in [-0.3, -0.25) is 14.9 Å². The van der Waals surface area contributed by atoms with Gasteiger partial charge in [0.05, 0.1) is 0 Å². The number of nitrogens with two attached hydrogens (primary N) is 1. The average molecular weight is 461 g/mol. The summed E-state index contributed by atoms with van der Waals surface area (Å²) in [5.41, 5.74) is 5.64. The molecule has 110 valence electrons. The van der Waals surface area contributed by atoms with Crippen LogP contribution >= 0.6 is 0 Å². The first-order valence-corrected chi connectivity index (χ1v) is 5.99. The number of amides is 3. The molecule has 1 fully saturated rings. The van der Waals surface area contributed by atoms with Crippen molar-refractivity contribution in [1.82, 2.24) is 5.32 Å². The number of hydrogen-bond acceptors (Lipinski definition) is 4. The van der Waals surface area contributed by atoms with E-state index in [9.17, 15) is 18.8 Å². The van der Waals surface area contributed by atoms with E-state index < -0.39 is 29.6 Å². The molecule has 0 aromatic heterocycles. The van der Waals surface area contributed by atoms with Crippen molar-refractivity contribution in [3.8, 4) is 0 Å². The van der Waals surface area contributed by atoms with Crippen molar-refractivity contribution in [3.63, 3.8) is 0 Å². The number of carbonyl (C=O) groups is 3. The Bertz CT molecular complexity index is 569. The van der Waals surface area contributed by atoms with Crippen molar-refractivity contribution < 1.29 is 39.8 Å². The van der Waals surface area contributed by atoms with Crippen LogP contribution < -0.4 is 11.1 Å². The molecule has 3 amide bonds. The standard InChI is InChI=1S/C13H13FN3O3.W/c14-8-5-7(1-2-9(15)6-8)12(19)16-10-3-4-11(18)17-13(10)20;/h1-2,10H,3-4,6H2,(H4,15,16,17,18,19,20);/q-1;+2/p-1/t10-;/m1./s1. The molecule has 2 rings (SSSR count). The molecule has 1 aliphatic carbocycles. The van der Waals surface area contributed by atoms with E-state index in [1.165, 1.54) is 12.2 Å². The first-order chi connectivity index (χ1) is 9.45. The summed E-state index contributed by atoms with van der Waals surface area (Å²) in [6.07, 6.45) is 5.12. The van der Waals surface area contributed by atoms with Crippen molar-refractivity contribution in [2.45, 2.75) is 25.3 Å². The van der Waals surface area contributed by atoms with E-state index in [2.05, 4.69) is 16.7 Å². The maximum atomic E-state index is 13.3. The van der Waals surface area contributed by atoms with Crippen LogP contribution in [0.1, 0.15) is 19.3 Å². The average Bonchev–Trinajstić information content (AvgIpc) is 2.53. The topological polar surface area (TPSA) is 103 Å². The predicted molar refractivity (Wildman–Crippen MR) is 67.4 cm³/mol. The summed E-state index contributed by atoms with van der Waals surface area (Å²) in [6, 6.07) is -0.935. The molecular weight excluding hydrogens is 449 g/mol. The van der Waals surface area contributed by atoms with Gasteiger partial charge in [-0.05, 0) is 18.4 Å². The Morgan fingerprint density at radius 2 is 2.14 bits per heavy atom. The van der Waals surface area contributed by atoms with Crippen molar-refractivity contribution >= 4 is 17.7 Å². The van der Waals surface area contributed by atoms with Gasteiger partial charge >= 0.3 is 21.1 Å². The minimum Gasteiger partial charge on any atom is -0.699 e. The van der Waals surface area contributed by atoms with Crippen LogP contribution in [-0.4, -0.2) is 23.8 Å². The molecule has 8 heteroatoms. The maximum Gasteiger partial charge on any atom is 2.00 e. The van der Waals surface area contributed by atoms with Crippen molar-refractivity contribution in [2.24, 2.45) is 5.73 Å². The molecule has 2 aliphatic rings. The van der Waals surface area contributed by atoms with E-state index in [1.807, 2.05) is 0 Å². The van der Waals surface area contributed by atoms with E-state index in [4.69, 9.17) is 5.73 Å². The fraction of sp³-hybridized carbons (Fsp3) is 0.308. The SMILES string of the molecule is NC1=CC=C(C(=O)[N-][C@@H]2CCC(=O)NC2=O)[C-]=C(F)C1.[W+2]. The van der Waals surface area contributed by atoms with Gasteiger partial charge in [0.15, 0.2) is 0 Å². The fourth-order valence-corrected chi connectivity index (χ4v) is 1.80. The Balaban J connectivity index is 0.00000220. The number of halogens is 1. The number of piperidine rings is 1. The van der Waals surface area contributed by atoms with Crippen molar-refractivity contribution in [3.05, 3.63) is 40.6 Å². The molecule has 0 unspecified atom stereocenters. The van der Waals surface area contributed by atoms with Gasteiger partial charge < -0.3 is 15.8 Å². The molecule has 6 nitrogen and oxygen atoms in total. The van der Waals surface area contributed by atoms with Crippen LogP contribution in [0.3, 0.4) is 0 Å². The van der Waals surface area contributed by atoms with Gasteiger partial charge in [-0.2, -0.15) is 11.6 Å². The number of nitrogens with one attached hydrogen (secondary N) is 1.